The van der Waals surface area contributed by atoms with Crippen molar-refractivity contribution in [3.8, 4) is 0 Å². The van der Waals surface area contributed by atoms with E-state index >= 15 is 0 Å². The number of carboxylic acids is 1. The number of carbonyl (C=O) groups is 2. The number of amides is 1. The largest absolute Gasteiger partial charge is 0.479 e. The summed E-state index contributed by atoms with van der Waals surface area (Å²) in [5.74, 6) is -1.86. The molecule has 1 aromatic rings. The van der Waals surface area contributed by atoms with Crippen LogP contribution in [0.15, 0.2) is 24.3 Å². The molecule has 21 heavy (non-hydrogen) atoms. The number of rotatable bonds is 4. The fraction of sp³-hybridized carbons (Fsp3) is 0.467. The Morgan fingerprint density at radius 1 is 1.52 bits per heavy atom. The Labute approximate surface area is 122 Å². The van der Waals surface area contributed by atoms with E-state index in [0.717, 1.165) is 5.56 Å². The van der Waals surface area contributed by atoms with Crippen LogP contribution in [0.3, 0.4) is 0 Å². The van der Waals surface area contributed by atoms with Gasteiger partial charge in [0.15, 0.2) is 6.10 Å². The van der Waals surface area contributed by atoms with E-state index in [2.05, 4.69) is 0 Å². The lowest BCUT2D eigenvalue weighted by molar-refractivity contribution is -0.160. The molecule has 5 nitrogen and oxygen atoms in total. The summed E-state index contributed by atoms with van der Waals surface area (Å²) in [7, 11) is 0. The van der Waals surface area contributed by atoms with Crippen molar-refractivity contribution < 1.29 is 23.8 Å². The van der Waals surface area contributed by atoms with Crippen LogP contribution >= 0.6 is 0 Å². The molecule has 114 valence electrons. The minimum absolute atomic E-state index is 0.0572. The molecule has 1 heterocycles. The van der Waals surface area contributed by atoms with E-state index in [1.807, 2.05) is 0 Å². The van der Waals surface area contributed by atoms with Gasteiger partial charge in [0.2, 0.25) is 5.91 Å². The van der Waals surface area contributed by atoms with E-state index < -0.39 is 12.1 Å². The van der Waals surface area contributed by atoms with Crippen LogP contribution in [0.25, 0.3) is 0 Å². The zero-order valence-electron chi connectivity index (χ0n) is 11.8. The van der Waals surface area contributed by atoms with Crippen LogP contribution in [0.1, 0.15) is 12.5 Å². The molecule has 1 amide bonds. The molecule has 0 bridgehead atoms. The molecular weight excluding hydrogens is 277 g/mol. The molecule has 6 heteroatoms. The predicted octanol–water partition coefficient (Wildman–Crippen LogP) is 1.32. The Kier molecular flexibility index (Phi) is 4.90. The highest BCUT2D eigenvalue weighted by atomic mass is 19.1. The van der Waals surface area contributed by atoms with Gasteiger partial charge in [-0.1, -0.05) is 19.1 Å². The van der Waals surface area contributed by atoms with Gasteiger partial charge >= 0.3 is 5.97 Å². The van der Waals surface area contributed by atoms with Crippen LogP contribution in [-0.4, -0.2) is 47.7 Å². The summed E-state index contributed by atoms with van der Waals surface area (Å²) in [5, 5.41) is 8.94. The lowest BCUT2D eigenvalue weighted by Gasteiger charge is -2.32. The van der Waals surface area contributed by atoms with Crippen molar-refractivity contribution in [1.82, 2.24) is 4.90 Å². The number of aliphatic carboxylic acids is 1. The maximum absolute atomic E-state index is 13.1. The van der Waals surface area contributed by atoms with Crippen molar-refractivity contribution in [2.75, 3.05) is 19.7 Å². The second kappa shape index (κ2) is 6.67. The van der Waals surface area contributed by atoms with Crippen molar-refractivity contribution in [3.63, 3.8) is 0 Å². The van der Waals surface area contributed by atoms with Crippen molar-refractivity contribution >= 4 is 11.9 Å². The molecule has 1 aromatic carbocycles. The first kappa shape index (κ1) is 15.4. The van der Waals surface area contributed by atoms with Crippen molar-refractivity contribution in [3.05, 3.63) is 35.6 Å². The van der Waals surface area contributed by atoms with Gasteiger partial charge < -0.3 is 14.7 Å². The second-order valence-corrected chi connectivity index (χ2v) is 5.22. The molecule has 1 saturated heterocycles. The Balaban J connectivity index is 1.97. The highest BCUT2D eigenvalue weighted by molar-refractivity contribution is 5.80. The molecule has 1 aliphatic rings. The Morgan fingerprint density at radius 3 is 2.95 bits per heavy atom. The fourth-order valence-electron chi connectivity index (χ4n) is 2.42. The average molecular weight is 295 g/mol. The van der Waals surface area contributed by atoms with E-state index in [-0.39, 0.29) is 30.8 Å². The average Bonchev–Trinajstić information content (AvgIpc) is 2.46. The molecule has 2 unspecified atom stereocenters. The number of benzene rings is 1. The number of carbonyl (C=O) groups excluding carboxylic acids is 1. The number of carboxylic acid groups (broad SMARTS) is 1. The van der Waals surface area contributed by atoms with E-state index in [1.54, 1.807) is 19.1 Å². The highest BCUT2D eigenvalue weighted by Crippen LogP contribution is 2.15. The Bertz CT molecular complexity index is 534. The van der Waals surface area contributed by atoms with Crippen LogP contribution in [0.2, 0.25) is 0 Å². The first-order valence-electron chi connectivity index (χ1n) is 6.85. The summed E-state index contributed by atoms with van der Waals surface area (Å²) in [6.07, 6.45) is -0.546. The quantitative estimate of drug-likeness (QED) is 0.909. The molecule has 2 rings (SSSR count). The topological polar surface area (TPSA) is 66.8 Å². The number of hydrogen-bond acceptors (Lipinski definition) is 3. The number of halogens is 1. The van der Waals surface area contributed by atoms with Gasteiger partial charge in [0.1, 0.15) is 5.82 Å². The molecule has 1 N–H and O–H groups in total. The molecule has 1 fully saturated rings. The van der Waals surface area contributed by atoms with Crippen LogP contribution in [0.4, 0.5) is 4.39 Å². The van der Waals surface area contributed by atoms with Crippen LogP contribution in [-0.2, 0) is 20.7 Å². The molecule has 1 aliphatic heterocycles. The van der Waals surface area contributed by atoms with Gasteiger partial charge in [0.25, 0.3) is 0 Å². The Hall–Kier alpha value is -1.95. The van der Waals surface area contributed by atoms with Crippen LogP contribution < -0.4 is 0 Å². The molecule has 0 radical (unpaired) electrons. The normalized spacial score (nSPS) is 20.1. The summed E-state index contributed by atoms with van der Waals surface area (Å²) in [5.41, 5.74) is 0.749. The van der Waals surface area contributed by atoms with Crippen LogP contribution in [0, 0.1) is 11.7 Å². The fourth-order valence-corrected chi connectivity index (χ4v) is 2.42. The molecule has 0 aliphatic carbocycles. The zero-order valence-corrected chi connectivity index (χ0v) is 11.8. The maximum atomic E-state index is 13.1. The summed E-state index contributed by atoms with van der Waals surface area (Å²) in [6, 6.07) is 6.14. The third-order valence-electron chi connectivity index (χ3n) is 3.51. The summed E-state index contributed by atoms with van der Waals surface area (Å²) < 4.78 is 18.2. The minimum Gasteiger partial charge on any atom is -0.479 e. The van der Waals surface area contributed by atoms with Gasteiger partial charge in [-0.3, -0.25) is 4.79 Å². The number of nitrogens with zero attached hydrogens (tertiary/aromatic N) is 1. The summed E-state index contributed by atoms with van der Waals surface area (Å²) in [6.45, 7) is 2.42. The van der Waals surface area contributed by atoms with Crippen molar-refractivity contribution in [2.24, 2.45) is 5.92 Å². The third kappa shape index (κ3) is 4.01. The maximum Gasteiger partial charge on any atom is 0.334 e. The first-order chi connectivity index (χ1) is 9.97. The third-order valence-corrected chi connectivity index (χ3v) is 3.51. The van der Waals surface area contributed by atoms with Crippen molar-refractivity contribution in [2.45, 2.75) is 19.4 Å². The van der Waals surface area contributed by atoms with Gasteiger partial charge in [-0.25, -0.2) is 9.18 Å². The monoisotopic (exact) mass is 295 g/mol. The molecule has 0 saturated carbocycles. The first-order valence-corrected chi connectivity index (χ1v) is 6.85. The lowest BCUT2D eigenvalue weighted by atomic mass is 9.99. The standard InChI is InChI=1S/C15H18FNO4/c1-10(7-11-3-2-4-12(16)8-11)14(18)17-5-6-21-13(9-17)15(19)20/h2-4,8,10,13H,5-7,9H2,1H3,(H,19,20). The van der Waals surface area contributed by atoms with Gasteiger partial charge in [0.05, 0.1) is 13.2 Å². The van der Waals surface area contributed by atoms with Gasteiger partial charge in [0, 0.05) is 12.5 Å². The van der Waals surface area contributed by atoms with Crippen LogP contribution in [0.5, 0.6) is 0 Å². The molecule has 2 atom stereocenters. The van der Waals surface area contributed by atoms with E-state index in [0.29, 0.717) is 13.0 Å². The number of morpholine rings is 1. The SMILES string of the molecule is CC(Cc1cccc(F)c1)C(=O)N1CCOC(C(=O)O)C1. The van der Waals surface area contributed by atoms with Crippen molar-refractivity contribution in [1.29, 1.82) is 0 Å². The zero-order chi connectivity index (χ0) is 15.4. The second-order valence-electron chi connectivity index (χ2n) is 5.22. The van der Waals surface area contributed by atoms with E-state index in [9.17, 15) is 14.0 Å². The lowest BCUT2D eigenvalue weighted by Crippen LogP contribution is -2.50. The van der Waals surface area contributed by atoms with E-state index in [1.165, 1.54) is 17.0 Å². The summed E-state index contributed by atoms with van der Waals surface area (Å²) in [4.78, 5) is 24.8. The van der Waals surface area contributed by atoms with Gasteiger partial charge in [-0.2, -0.15) is 0 Å². The number of ether oxygens (including phenoxy) is 1. The van der Waals surface area contributed by atoms with Gasteiger partial charge in [-0.15, -0.1) is 0 Å². The molecular formula is C15H18FNO4. The molecule has 0 spiro atoms. The van der Waals surface area contributed by atoms with Gasteiger partial charge in [-0.05, 0) is 24.1 Å². The minimum atomic E-state index is -1.06. The summed E-state index contributed by atoms with van der Waals surface area (Å²) >= 11 is 0. The Morgan fingerprint density at radius 2 is 2.29 bits per heavy atom. The molecule has 0 aromatic heterocycles. The highest BCUT2D eigenvalue weighted by Gasteiger charge is 2.30. The van der Waals surface area contributed by atoms with E-state index in [4.69, 9.17) is 9.84 Å². The smallest absolute Gasteiger partial charge is 0.334 e. The predicted molar refractivity (Wildman–Crippen MR) is 73.2 cm³/mol. The number of hydrogen-bond donors (Lipinski definition) is 1.